The molecule has 82 heavy (non-hydrogen) atoms. The molecule has 0 spiro atoms. The number of nitrogens with two attached hydrogens (primary N) is 6. The third kappa shape index (κ3) is 25.3. The van der Waals surface area contributed by atoms with E-state index in [9.17, 15) is 53.1 Å². The summed E-state index contributed by atoms with van der Waals surface area (Å²) in [5.74, 6) is -6.85. The summed E-state index contributed by atoms with van der Waals surface area (Å²) in [7, 11) is 0. The Kier molecular flexibility index (Phi) is 30.5. The summed E-state index contributed by atoms with van der Waals surface area (Å²) in [6.45, 7) is 5.42. The first-order valence-electron chi connectivity index (χ1n) is 28.6. The Balaban J connectivity index is 2.06. The van der Waals surface area contributed by atoms with E-state index in [4.69, 9.17) is 34.4 Å². The van der Waals surface area contributed by atoms with E-state index in [1.807, 2.05) is 13.8 Å². The highest BCUT2D eigenvalue weighted by molar-refractivity contribution is 5.98. The second kappa shape index (κ2) is 36.5. The van der Waals surface area contributed by atoms with E-state index in [0.717, 1.165) is 0 Å². The maximum Gasteiger partial charge on any atom is 0.245 e. The van der Waals surface area contributed by atoms with E-state index >= 15 is 0 Å². The van der Waals surface area contributed by atoms with Crippen LogP contribution in [-0.4, -0.2) is 174 Å². The number of nitrogens with one attached hydrogen (secondary N) is 7. The monoisotopic (exact) mass is 1150 g/mol. The average molecular weight is 1150 g/mol. The van der Waals surface area contributed by atoms with Crippen molar-refractivity contribution in [2.45, 2.75) is 179 Å². The predicted molar refractivity (Wildman–Crippen MR) is 307 cm³/mol. The molecule has 0 saturated carbocycles. The van der Waals surface area contributed by atoms with E-state index in [1.54, 1.807) is 6.92 Å². The van der Waals surface area contributed by atoms with Crippen LogP contribution in [0.3, 0.4) is 0 Å². The third-order valence-corrected chi connectivity index (χ3v) is 13.9. The molecular weight excluding hydrogens is 1060 g/mol. The highest BCUT2D eigenvalue weighted by Gasteiger charge is 2.40. The fourth-order valence-corrected chi connectivity index (χ4v) is 9.45. The molecule has 2 saturated heterocycles. The van der Waals surface area contributed by atoms with Crippen LogP contribution < -0.4 is 71.6 Å². The van der Waals surface area contributed by atoms with Gasteiger partial charge in [0.1, 0.15) is 48.0 Å². The van der Waals surface area contributed by atoms with Crippen LogP contribution in [0.2, 0.25) is 0 Å². The fraction of sp³-hybridized carbons (Fsp3) is 0.667. The van der Waals surface area contributed by atoms with Gasteiger partial charge in [0, 0.05) is 58.5 Å². The molecule has 0 unspecified atom stereocenters. The van der Waals surface area contributed by atoms with E-state index in [2.05, 4.69) is 47.2 Å². The molecule has 28 nitrogen and oxygen atoms in total. The van der Waals surface area contributed by atoms with Crippen LogP contribution in [0.15, 0.2) is 34.3 Å². The molecule has 0 aliphatic carbocycles. The average Bonchev–Trinajstić information content (AvgIpc) is 3.92. The molecule has 3 rings (SSSR count). The van der Waals surface area contributed by atoms with Gasteiger partial charge in [0.2, 0.25) is 59.1 Å². The molecule has 20 N–H and O–H groups in total. The van der Waals surface area contributed by atoms with Crippen LogP contribution in [0.5, 0.6) is 5.75 Å². The summed E-state index contributed by atoms with van der Waals surface area (Å²) in [6.07, 6.45) is 4.48. The van der Waals surface area contributed by atoms with Crippen molar-refractivity contribution in [3.05, 3.63) is 29.8 Å². The molecule has 0 aromatic heterocycles. The van der Waals surface area contributed by atoms with Crippen LogP contribution in [0.25, 0.3) is 0 Å². The minimum atomic E-state index is -1.45. The van der Waals surface area contributed by atoms with Crippen LogP contribution in [0, 0.1) is 5.92 Å². The highest BCUT2D eigenvalue weighted by atomic mass is 16.3. The summed E-state index contributed by atoms with van der Waals surface area (Å²) in [5, 5.41) is 29.3. The zero-order chi connectivity index (χ0) is 60.7. The van der Waals surface area contributed by atoms with Gasteiger partial charge in [0.15, 0.2) is 11.9 Å². The van der Waals surface area contributed by atoms with E-state index in [-0.39, 0.29) is 120 Å². The molecule has 2 fully saturated rings. The van der Waals surface area contributed by atoms with Crippen molar-refractivity contribution in [3.8, 4) is 5.75 Å². The molecule has 1 aromatic carbocycles. The third-order valence-electron chi connectivity index (χ3n) is 13.9. The lowest BCUT2D eigenvalue weighted by atomic mass is 10.0. The first-order chi connectivity index (χ1) is 39.0. The summed E-state index contributed by atoms with van der Waals surface area (Å²) < 4.78 is 0. The lowest BCUT2D eigenvalue weighted by molar-refractivity contribution is -0.142. The Hall–Kier alpha value is -7.78. The van der Waals surface area contributed by atoms with Crippen molar-refractivity contribution in [1.29, 1.82) is 0 Å². The number of primary amides is 1. The number of nitrogens with zero attached hydrogens (tertiary/aromatic N) is 4. The first-order valence-corrected chi connectivity index (χ1v) is 28.6. The molecule has 0 bridgehead atoms. The number of phenolic OH excluding ortho intramolecular Hbond substituents is 1. The van der Waals surface area contributed by atoms with Crippen LogP contribution in [0.1, 0.15) is 135 Å². The number of aromatic hydroxyl groups is 1. The van der Waals surface area contributed by atoms with Gasteiger partial charge >= 0.3 is 0 Å². The van der Waals surface area contributed by atoms with Crippen LogP contribution >= 0.6 is 0 Å². The Bertz CT molecular complexity index is 2350. The largest absolute Gasteiger partial charge is 0.508 e. The number of rotatable bonds is 18. The molecule has 0 radical (unpaired) electrons. The Morgan fingerprint density at radius 3 is 1.74 bits per heavy atom. The maximum atomic E-state index is 14.4. The number of hydrogen-bond acceptors (Lipinski definition) is 14. The fourth-order valence-electron chi connectivity index (χ4n) is 9.45. The SMILES string of the molecule is CCC[C@@H]1NC(=O)[C@H](CCCN=C(N)N)NC(=O)[C@@H]2CCCN2C(=O)[C@H](CCCN=C(N)N)NC(=O)CCCCCC(=O)NCCCCN(CC(N)=O)C(=O)[C@H](CCC(C)C)NC(=O)[C@H](CN)NC(=O)[C@H](Cc2ccc(O)cc2)NC1=O. The molecule has 458 valence electrons. The van der Waals surface area contributed by atoms with Crippen molar-refractivity contribution in [2.24, 2.45) is 50.3 Å². The number of carbonyl (C=O) groups is 10. The summed E-state index contributed by atoms with van der Waals surface area (Å²) in [4.78, 5) is 149. The van der Waals surface area contributed by atoms with Crippen molar-refractivity contribution in [2.75, 3.05) is 45.8 Å². The van der Waals surface area contributed by atoms with E-state index in [0.29, 0.717) is 63.4 Å². The predicted octanol–water partition coefficient (Wildman–Crippen LogP) is -2.69. The smallest absolute Gasteiger partial charge is 0.245 e. The number of hydrogen-bond donors (Lipinski definition) is 14. The highest BCUT2D eigenvalue weighted by Crippen LogP contribution is 2.21. The standard InChI is InChI=1S/C54H91N17O11/c1-4-13-36-46(76)68-40(30-34-20-22-35(72)23-21-34)48(78)69-41(31-55)49(79)67-39(24-19-33(2)3)51(81)70(32-43(56)73)28-9-8-25-61-44(74)17-6-5-7-18-45(75)64-38(15-11-27-63-54(59)60)52(82)71-29-12-16-42(71)50(80)66-37(47(77)65-36)14-10-26-62-53(57)58/h20-23,33,36-42,72H,4-19,24-32,55H2,1-3H3,(H2,56,73)(H,61,74)(H,64,75)(H,65,77)(H,66,80)(H,67,79)(H,68,76)(H,69,78)(H4,57,58,62)(H4,59,60,63)/t36-,37-,38-,39-,40-,41-,42-/m0/s1. The zero-order valence-electron chi connectivity index (χ0n) is 47.9. The van der Waals surface area contributed by atoms with Crippen LogP contribution in [-0.2, 0) is 54.4 Å². The number of fused-ring (bicyclic) bond motifs is 1. The number of benzene rings is 1. The lowest BCUT2D eigenvalue weighted by Crippen LogP contribution is -2.61. The number of carbonyl (C=O) groups excluding carboxylic acids is 10. The van der Waals surface area contributed by atoms with Crippen molar-refractivity contribution in [3.63, 3.8) is 0 Å². The maximum absolute atomic E-state index is 14.4. The molecule has 1 aromatic rings. The normalized spacial score (nSPS) is 23.4. The van der Waals surface area contributed by atoms with Crippen molar-refractivity contribution in [1.82, 2.24) is 47.0 Å². The molecule has 7 atom stereocenters. The molecular formula is C54H91N17O11. The number of aliphatic imine (C=N–C) groups is 2. The second-order valence-electron chi connectivity index (χ2n) is 21.2. The second-order valence-corrected chi connectivity index (χ2v) is 21.2. The Labute approximate surface area is 480 Å². The zero-order valence-corrected chi connectivity index (χ0v) is 47.9. The molecule has 10 amide bonds. The van der Waals surface area contributed by atoms with Gasteiger partial charge in [0.25, 0.3) is 0 Å². The Morgan fingerprint density at radius 2 is 1.15 bits per heavy atom. The van der Waals surface area contributed by atoms with Gasteiger partial charge in [-0.1, -0.05) is 45.7 Å². The quantitative estimate of drug-likeness (QED) is 0.0404. The van der Waals surface area contributed by atoms with Gasteiger partial charge in [0.05, 0.1) is 6.54 Å². The minimum absolute atomic E-state index is 0.0227. The van der Waals surface area contributed by atoms with E-state index < -0.39 is 109 Å². The van der Waals surface area contributed by atoms with Gasteiger partial charge in [-0.3, -0.25) is 57.9 Å². The molecule has 2 aliphatic rings. The molecule has 28 heteroatoms. The van der Waals surface area contributed by atoms with Crippen molar-refractivity contribution >= 4 is 71.0 Å². The summed E-state index contributed by atoms with van der Waals surface area (Å²) in [5.41, 5.74) is 34.4. The van der Waals surface area contributed by atoms with Crippen molar-refractivity contribution < 1.29 is 53.1 Å². The van der Waals surface area contributed by atoms with Gasteiger partial charge in [-0.15, -0.1) is 0 Å². The summed E-state index contributed by atoms with van der Waals surface area (Å²) in [6, 6.07) is -2.93. The van der Waals surface area contributed by atoms with Gasteiger partial charge in [-0.05, 0) is 107 Å². The number of amides is 10. The van der Waals surface area contributed by atoms with Gasteiger partial charge < -0.3 is 86.5 Å². The topological polar surface area (TPSA) is 462 Å². The number of phenols is 1. The Morgan fingerprint density at radius 1 is 0.610 bits per heavy atom. The van der Waals surface area contributed by atoms with E-state index in [1.165, 1.54) is 34.1 Å². The minimum Gasteiger partial charge on any atom is -0.508 e. The first kappa shape index (κ1) is 68.5. The van der Waals surface area contributed by atoms with Crippen LogP contribution in [0.4, 0.5) is 0 Å². The molecule has 2 aliphatic heterocycles. The van der Waals surface area contributed by atoms with Gasteiger partial charge in [-0.2, -0.15) is 0 Å². The summed E-state index contributed by atoms with van der Waals surface area (Å²) >= 11 is 0. The lowest BCUT2D eigenvalue weighted by Gasteiger charge is -2.30. The molecule has 2 heterocycles. The van der Waals surface area contributed by atoms with Gasteiger partial charge in [-0.25, -0.2) is 0 Å². The number of guanidine groups is 2.